The van der Waals surface area contributed by atoms with Crippen molar-refractivity contribution in [3.63, 3.8) is 0 Å². The predicted molar refractivity (Wildman–Crippen MR) is 113 cm³/mol. The van der Waals surface area contributed by atoms with E-state index in [0.717, 1.165) is 29.5 Å². The second-order valence-corrected chi connectivity index (χ2v) is 7.82. The third-order valence-electron chi connectivity index (χ3n) is 5.63. The monoisotopic (exact) mass is 389 g/mol. The molecule has 0 radical (unpaired) electrons. The molecule has 1 aliphatic rings. The van der Waals surface area contributed by atoms with Crippen LogP contribution in [0.2, 0.25) is 0 Å². The van der Waals surface area contributed by atoms with Gasteiger partial charge in [0, 0.05) is 22.7 Å². The standard InChI is InChI=1S/C24H27N3O2/c1-17-9-7-8-12-21(17)24-27-26-23(29-24)19-15-13-18(14-16-19)22(28)25-20-10-5-3-2-4-6-11-20/h7-9,12-16,20H,2-6,10-11H2,1H3,(H,25,28). The van der Waals surface area contributed by atoms with E-state index < -0.39 is 0 Å². The number of benzene rings is 2. The Hall–Kier alpha value is -2.95. The van der Waals surface area contributed by atoms with Crippen molar-refractivity contribution in [3.05, 3.63) is 59.7 Å². The highest BCUT2D eigenvalue weighted by molar-refractivity contribution is 5.94. The summed E-state index contributed by atoms with van der Waals surface area (Å²) in [6.07, 6.45) is 8.42. The smallest absolute Gasteiger partial charge is 0.251 e. The molecule has 4 rings (SSSR count). The molecule has 3 aromatic rings. The molecule has 0 atom stereocenters. The molecule has 1 aliphatic carbocycles. The van der Waals surface area contributed by atoms with Gasteiger partial charge < -0.3 is 9.73 Å². The highest BCUT2D eigenvalue weighted by Gasteiger charge is 2.16. The first kappa shape index (κ1) is 19.4. The summed E-state index contributed by atoms with van der Waals surface area (Å²) in [4.78, 5) is 12.6. The predicted octanol–water partition coefficient (Wildman–Crippen LogP) is 5.55. The van der Waals surface area contributed by atoms with Gasteiger partial charge in [-0.05, 0) is 55.7 Å². The van der Waals surface area contributed by atoms with Crippen molar-refractivity contribution in [1.29, 1.82) is 0 Å². The summed E-state index contributed by atoms with van der Waals surface area (Å²) < 4.78 is 5.86. The first-order valence-electron chi connectivity index (χ1n) is 10.5. The zero-order chi connectivity index (χ0) is 20.1. The lowest BCUT2D eigenvalue weighted by Gasteiger charge is -2.21. The molecule has 0 spiro atoms. The van der Waals surface area contributed by atoms with Crippen LogP contribution < -0.4 is 5.32 Å². The van der Waals surface area contributed by atoms with Crippen LogP contribution in [0, 0.1) is 6.92 Å². The number of nitrogens with one attached hydrogen (secondary N) is 1. The van der Waals surface area contributed by atoms with Crippen LogP contribution in [0.25, 0.3) is 22.9 Å². The van der Waals surface area contributed by atoms with Gasteiger partial charge in [-0.2, -0.15) is 0 Å². The van der Waals surface area contributed by atoms with Gasteiger partial charge in [-0.25, -0.2) is 0 Å². The van der Waals surface area contributed by atoms with Gasteiger partial charge in [0.05, 0.1) is 0 Å². The van der Waals surface area contributed by atoms with Crippen molar-refractivity contribution in [3.8, 4) is 22.9 Å². The number of carbonyl (C=O) groups is 1. The summed E-state index contributed by atoms with van der Waals surface area (Å²) in [6.45, 7) is 2.02. The third-order valence-corrected chi connectivity index (χ3v) is 5.63. The molecule has 1 aromatic heterocycles. The molecule has 0 unspecified atom stereocenters. The molecule has 0 saturated heterocycles. The van der Waals surface area contributed by atoms with Gasteiger partial charge in [-0.3, -0.25) is 4.79 Å². The number of rotatable bonds is 4. The fraction of sp³-hybridized carbons (Fsp3) is 0.375. The number of carbonyl (C=O) groups excluding carboxylic acids is 1. The Labute approximate surface area is 171 Å². The van der Waals surface area contributed by atoms with Crippen molar-refractivity contribution >= 4 is 5.91 Å². The number of aromatic nitrogens is 2. The molecular weight excluding hydrogens is 362 g/mol. The Morgan fingerprint density at radius 1 is 0.897 bits per heavy atom. The zero-order valence-corrected chi connectivity index (χ0v) is 16.9. The summed E-state index contributed by atoms with van der Waals surface area (Å²) in [7, 11) is 0. The largest absolute Gasteiger partial charge is 0.416 e. The number of hydrogen-bond donors (Lipinski definition) is 1. The van der Waals surface area contributed by atoms with Gasteiger partial charge in [-0.15, -0.1) is 10.2 Å². The van der Waals surface area contributed by atoms with E-state index in [4.69, 9.17) is 4.42 Å². The molecule has 2 aromatic carbocycles. The fourth-order valence-corrected chi connectivity index (χ4v) is 3.89. The van der Waals surface area contributed by atoms with Crippen LogP contribution in [0.1, 0.15) is 60.9 Å². The van der Waals surface area contributed by atoms with Crippen LogP contribution >= 0.6 is 0 Å². The van der Waals surface area contributed by atoms with Gasteiger partial charge in [-0.1, -0.05) is 50.3 Å². The Bertz CT molecular complexity index is 954. The summed E-state index contributed by atoms with van der Waals surface area (Å²) in [5.41, 5.74) is 3.49. The highest BCUT2D eigenvalue weighted by atomic mass is 16.4. The van der Waals surface area contributed by atoms with E-state index in [9.17, 15) is 4.79 Å². The molecule has 0 bridgehead atoms. The molecule has 5 nitrogen and oxygen atoms in total. The maximum absolute atomic E-state index is 12.6. The lowest BCUT2D eigenvalue weighted by molar-refractivity contribution is 0.0930. The lowest BCUT2D eigenvalue weighted by Crippen LogP contribution is -2.35. The minimum Gasteiger partial charge on any atom is -0.416 e. The fourth-order valence-electron chi connectivity index (χ4n) is 3.89. The highest BCUT2D eigenvalue weighted by Crippen LogP contribution is 2.26. The Morgan fingerprint density at radius 3 is 2.28 bits per heavy atom. The van der Waals surface area contributed by atoms with E-state index in [1.54, 1.807) is 0 Å². The molecule has 1 N–H and O–H groups in total. The topological polar surface area (TPSA) is 68.0 Å². The summed E-state index contributed by atoms with van der Waals surface area (Å²) in [5.74, 6) is 0.952. The van der Waals surface area contributed by atoms with Crippen LogP contribution in [0.5, 0.6) is 0 Å². The number of aryl methyl sites for hydroxylation is 1. The molecule has 1 saturated carbocycles. The van der Waals surface area contributed by atoms with Gasteiger partial charge in [0.15, 0.2) is 0 Å². The van der Waals surface area contributed by atoms with Crippen LogP contribution in [0.4, 0.5) is 0 Å². The Kier molecular flexibility index (Phi) is 6.03. The molecular formula is C24H27N3O2. The zero-order valence-electron chi connectivity index (χ0n) is 16.9. The first-order chi connectivity index (χ1) is 14.2. The van der Waals surface area contributed by atoms with E-state index in [0.29, 0.717) is 17.3 Å². The van der Waals surface area contributed by atoms with Crippen molar-refractivity contribution in [2.45, 2.75) is 57.9 Å². The quantitative estimate of drug-likeness (QED) is 0.635. The minimum absolute atomic E-state index is 0.00625. The van der Waals surface area contributed by atoms with Crippen molar-refractivity contribution in [1.82, 2.24) is 15.5 Å². The second kappa shape index (κ2) is 9.03. The van der Waals surface area contributed by atoms with E-state index in [2.05, 4.69) is 15.5 Å². The first-order valence-corrected chi connectivity index (χ1v) is 10.5. The average molecular weight is 389 g/mol. The van der Waals surface area contributed by atoms with Crippen molar-refractivity contribution in [2.75, 3.05) is 0 Å². The summed E-state index contributed by atoms with van der Waals surface area (Å²) in [6, 6.07) is 15.6. The summed E-state index contributed by atoms with van der Waals surface area (Å²) in [5, 5.41) is 11.6. The number of nitrogens with zero attached hydrogens (tertiary/aromatic N) is 2. The second-order valence-electron chi connectivity index (χ2n) is 7.82. The molecule has 150 valence electrons. The summed E-state index contributed by atoms with van der Waals surface area (Å²) >= 11 is 0. The van der Waals surface area contributed by atoms with E-state index in [1.807, 2.05) is 55.5 Å². The lowest BCUT2D eigenvalue weighted by atomic mass is 9.96. The van der Waals surface area contributed by atoms with Crippen LogP contribution in [0.3, 0.4) is 0 Å². The van der Waals surface area contributed by atoms with Gasteiger partial charge in [0.25, 0.3) is 5.91 Å². The molecule has 1 heterocycles. The Morgan fingerprint density at radius 2 is 1.55 bits per heavy atom. The molecule has 1 fully saturated rings. The van der Waals surface area contributed by atoms with Crippen molar-refractivity contribution in [2.24, 2.45) is 0 Å². The van der Waals surface area contributed by atoms with Gasteiger partial charge >= 0.3 is 0 Å². The molecule has 29 heavy (non-hydrogen) atoms. The van der Waals surface area contributed by atoms with E-state index in [1.165, 1.54) is 32.1 Å². The van der Waals surface area contributed by atoms with Crippen LogP contribution in [-0.2, 0) is 0 Å². The third kappa shape index (κ3) is 4.73. The van der Waals surface area contributed by atoms with Gasteiger partial charge in [0.1, 0.15) is 0 Å². The normalized spacial score (nSPS) is 15.5. The molecule has 5 heteroatoms. The average Bonchev–Trinajstić information content (AvgIpc) is 3.20. The minimum atomic E-state index is -0.00625. The van der Waals surface area contributed by atoms with Crippen LogP contribution in [-0.4, -0.2) is 22.1 Å². The maximum Gasteiger partial charge on any atom is 0.251 e. The molecule has 0 aliphatic heterocycles. The number of hydrogen-bond acceptors (Lipinski definition) is 4. The molecule has 1 amide bonds. The van der Waals surface area contributed by atoms with Crippen molar-refractivity contribution < 1.29 is 9.21 Å². The van der Waals surface area contributed by atoms with E-state index in [-0.39, 0.29) is 11.9 Å². The number of amides is 1. The maximum atomic E-state index is 12.6. The Balaban J connectivity index is 1.44. The van der Waals surface area contributed by atoms with Gasteiger partial charge in [0.2, 0.25) is 11.8 Å². The SMILES string of the molecule is Cc1ccccc1-c1nnc(-c2ccc(C(=O)NC3CCCCCCC3)cc2)o1. The van der Waals surface area contributed by atoms with Crippen LogP contribution in [0.15, 0.2) is 52.9 Å². The van der Waals surface area contributed by atoms with E-state index >= 15 is 0 Å².